The lowest BCUT2D eigenvalue weighted by atomic mass is 10.1. The Morgan fingerprint density at radius 2 is 2.41 bits per heavy atom. The molecule has 6 heteroatoms. The molecule has 0 aromatic carbocycles. The number of thiocarbonyl (C=S) groups is 1. The van der Waals surface area contributed by atoms with Crippen molar-refractivity contribution >= 4 is 45.2 Å². The molecule has 2 aromatic heterocycles. The maximum atomic E-state index is 11.6. The van der Waals surface area contributed by atoms with Crippen molar-refractivity contribution in [1.82, 2.24) is 15.3 Å². The van der Waals surface area contributed by atoms with Gasteiger partial charge >= 0.3 is 0 Å². The predicted molar refractivity (Wildman–Crippen MR) is 71.9 cm³/mol. The number of nitrogens with zero attached hydrogens (tertiary/aromatic N) is 1. The van der Waals surface area contributed by atoms with Gasteiger partial charge in [0, 0.05) is 17.8 Å². The van der Waals surface area contributed by atoms with Gasteiger partial charge in [0.1, 0.15) is 9.97 Å². The summed E-state index contributed by atoms with van der Waals surface area (Å²) in [4.78, 5) is 18.9. The maximum absolute atomic E-state index is 11.6. The molecular weight excluding hydrogens is 254 g/mol. The number of amides is 1. The molecule has 1 amide bonds. The van der Waals surface area contributed by atoms with Crippen LogP contribution in [0.25, 0.3) is 11.0 Å². The SMILES string of the molecule is O=C1NC(=S)SC1Cc1c[nH]c2ncccc12. The normalized spacial score (nSPS) is 19.9. The van der Waals surface area contributed by atoms with Crippen LogP contribution in [0.3, 0.4) is 0 Å². The van der Waals surface area contributed by atoms with Crippen LogP contribution in [0.2, 0.25) is 0 Å². The van der Waals surface area contributed by atoms with Gasteiger partial charge in [-0.2, -0.15) is 0 Å². The maximum Gasteiger partial charge on any atom is 0.239 e. The minimum absolute atomic E-state index is 0.00163. The molecule has 1 saturated heterocycles. The molecule has 86 valence electrons. The number of aromatic amines is 1. The minimum atomic E-state index is -0.123. The Morgan fingerprint density at radius 1 is 1.53 bits per heavy atom. The fraction of sp³-hybridized carbons (Fsp3) is 0.182. The fourth-order valence-electron chi connectivity index (χ4n) is 1.91. The van der Waals surface area contributed by atoms with E-state index in [0.29, 0.717) is 10.7 Å². The van der Waals surface area contributed by atoms with E-state index >= 15 is 0 Å². The number of carbonyl (C=O) groups excluding carboxylic acids is 1. The van der Waals surface area contributed by atoms with Crippen molar-refractivity contribution in [2.24, 2.45) is 0 Å². The van der Waals surface area contributed by atoms with Gasteiger partial charge in [-0.1, -0.05) is 24.0 Å². The number of pyridine rings is 1. The van der Waals surface area contributed by atoms with Gasteiger partial charge in [0.25, 0.3) is 0 Å². The number of hydrogen-bond acceptors (Lipinski definition) is 4. The first-order valence-corrected chi connectivity index (χ1v) is 6.45. The van der Waals surface area contributed by atoms with E-state index in [1.165, 1.54) is 11.8 Å². The predicted octanol–water partition coefficient (Wildman–Crippen LogP) is 1.62. The first kappa shape index (κ1) is 10.7. The average molecular weight is 263 g/mol. The summed E-state index contributed by atoms with van der Waals surface area (Å²) in [5, 5.41) is 3.60. The Balaban J connectivity index is 1.90. The molecule has 1 atom stereocenters. The first-order valence-electron chi connectivity index (χ1n) is 5.16. The highest BCUT2D eigenvalue weighted by Crippen LogP contribution is 2.26. The van der Waals surface area contributed by atoms with Crippen molar-refractivity contribution in [3.8, 4) is 0 Å². The molecule has 2 N–H and O–H groups in total. The van der Waals surface area contributed by atoms with Gasteiger partial charge < -0.3 is 10.3 Å². The third kappa shape index (κ3) is 1.94. The zero-order valence-electron chi connectivity index (χ0n) is 8.77. The van der Waals surface area contributed by atoms with E-state index in [1.807, 2.05) is 18.3 Å². The largest absolute Gasteiger partial charge is 0.346 e. The van der Waals surface area contributed by atoms with Crippen LogP contribution >= 0.6 is 24.0 Å². The Labute approximate surface area is 107 Å². The number of rotatable bonds is 2. The summed E-state index contributed by atoms with van der Waals surface area (Å²) in [7, 11) is 0. The molecule has 1 unspecified atom stereocenters. The number of hydrogen-bond donors (Lipinski definition) is 2. The summed E-state index contributed by atoms with van der Waals surface area (Å²) >= 11 is 6.39. The molecule has 2 aromatic rings. The molecule has 3 heterocycles. The Kier molecular flexibility index (Phi) is 2.60. The zero-order valence-corrected chi connectivity index (χ0v) is 10.4. The van der Waals surface area contributed by atoms with E-state index < -0.39 is 0 Å². The highest BCUT2D eigenvalue weighted by atomic mass is 32.2. The molecule has 0 aliphatic carbocycles. The summed E-state index contributed by atoms with van der Waals surface area (Å²) in [5.74, 6) is -0.00163. The van der Waals surface area contributed by atoms with E-state index in [9.17, 15) is 4.79 Å². The van der Waals surface area contributed by atoms with Crippen LogP contribution in [-0.4, -0.2) is 25.4 Å². The molecule has 3 rings (SSSR count). The molecule has 0 bridgehead atoms. The molecule has 0 saturated carbocycles. The second-order valence-electron chi connectivity index (χ2n) is 3.80. The van der Waals surface area contributed by atoms with Crippen LogP contribution in [0.15, 0.2) is 24.5 Å². The van der Waals surface area contributed by atoms with Crippen molar-refractivity contribution in [1.29, 1.82) is 0 Å². The van der Waals surface area contributed by atoms with Gasteiger partial charge in [0.2, 0.25) is 5.91 Å². The van der Waals surface area contributed by atoms with E-state index in [4.69, 9.17) is 12.2 Å². The molecular formula is C11H9N3OS2. The number of fused-ring (bicyclic) bond motifs is 1. The minimum Gasteiger partial charge on any atom is -0.346 e. The number of carbonyl (C=O) groups is 1. The smallest absolute Gasteiger partial charge is 0.239 e. The van der Waals surface area contributed by atoms with E-state index in [1.54, 1.807) is 6.20 Å². The molecule has 1 fully saturated rings. The lowest BCUT2D eigenvalue weighted by molar-refractivity contribution is -0.118. The first-order chi connectivity index (χ1) is 8.24. The van der Waals surface area contributed by atoms with Gasteiger partial charge in [-0.25, -0.2) is 4.98 Å². The lowest BCUT2D eigenvalue weighted by Gasteiger charge is -2.03. The monoisotopic (exact) mass is 263 g/mol. The van der Waals surface area contributed by atoms with Crippen LogP contribution in [0.1, 0.15) is 5.56 Å². The molecule has 0 spiro atoms. The Hall–Kier alpha value is -1.40. The van der Waals surface area contributed by atoms with Crippen LogP contribution in [0, 0.1) is 0 Å². The van der Waals surface area contributed by atoms with E-state index in [0.717, 1.165) is 16.6 Å². The molecule has 0 radical (unpaired) electrons. The van der Waals surface area contributed by atoms with Crippen LogP contribution in [-0.2, 0) is 11.2 Å². The van der Waals surface area contributed by atoms with Crippen molar-refractivity contribution in [2.45, 2.75) is 11.7 Å². The lowest BCUT2D eigenvalue weighted by Crippen LogP contribution is -2.25. The van der Waals surface area contributed by atoms with Gasteiger partial charge in [0.15, 0.2) is 0 Å². The summed E-state index contributed by atoms with van der Waals surface area (Å²) < 4.78 is 0.568. The second-order valence-corrected chi connectivity index (χ2v) is 5.68. The molecule has 1 aliphatic heterocycles. The third-order valence-electron chi connectivity index (χ3n) is 2.71. The molecule has 17 heavy (non-hydrogen) atoms. The quantitative estimate of drug-likeness (QED) is 0.808. The van der Waals surface area contributed by atoms with Gasteiger partial charge in [-0.05, 0) is 24.1 Å². The summed E-state index contributed by atoms with van der Waals surface area (Å²) in [5.41, 5.74) is 1.96. The van der Waals surface area contributed by atoms with Crippen molar-refractivity contribution in [2.75, 3.05) is 0 Å². The van der Waals surface area contributed by atoms with Crippen LogP contribution in [0.4, 0.5) is 0 Å². The topological polar surface area (TPSA) is 57.8 Å². The molecule has 4 nitrogen and oxygen atoms in total. The van der Waals surface area contributed by atoms with E-state index in [2.05, 4.69) is 15.3 Å². The Morgan fingerprint density at radius 3 is 3.18 bits per heavy atom. The number of nitrogens with one attached hydrogen (secondary N) is 2. The zero-order chi connectivity index (χ0) is 11.8. The highest BCUT2D eigenvalue weighted by molar-refractivity contribution is 8.24. The van der Waals surface area contributed by atoms with Crippen molar-refractivity contribution < 1.29 is 4.79 Å². The van der Waals surface area contributed by atoms with Gasteiger partial charge in [-0.15, -0.1) is 0 Å². The van der Waals surface area contributed by atoms with Gasteiger partial charge in [-0.3, -0.25) is 4.79 Å². The highest BCUT2D eigenvalue weighted by Gasteiger charge is 2.29. The van der Waals surface area contributed by atoms with Crippen LogP contribution < -0.4 is 5.32 Å². The summed E-state index contributed by atoms with van der Waals surface area (Å²) in [6.45, 7) is 0. The van der Waals surface area contributed by atoms with Crippen molar-refractivity contribution in [3.05, 3.63) is 30.1 Å². The fourth-order valence-corrected chi connectivity index (χ4v) is 3.20. The Bertz CT molecular complexity index is 608. The van der Waals surface area contributed by atoms with E-state index in [-0.39, 0.29) is 11.2 Å². The molecule has 1 aliphatic rings. The number of aromatic nitrogens is 2. The average Bonchev–Trinajstić information content (AvgIpc) is 2.85. The number of H-pyrrole nitrogens is 1. The number of thioether (sulfide) groups is 1. The second kappa shape index (κ2) is 4.12. The van der Waals surface area contributed by atoms with Crippen LogP contribution in [0.5, 0.6) is 0 Å². The summed E-state index contributed by atoms with van der Waals surface area (Å²) in [6, 6.07) is 3.90. The summed E-state index contributed by atoms with van der Waals surface area (Å²) in [6.07, 6.45) is 4.32. The standard InChI is InChI=1S/C11H9N3OS2/c15-10-8(17-11(16)14-10)4-6-5-13-9-7(6)2-1-3-12-9/h1-3,5,8H,4H2,(H,12,13)(H,14,15,16). The third-order valence-corrected chi connectivity index (χ3v) is 4.08. The van der Waals surface area contributed by atoms with Crippen molar-refractivity contribution in [3.63, 3.8) is 0 Å². The van der Waals surface area contributed by atoms with Gasteiger partial charge in [0.05, 0.1) is 5.25 Å².